The van der Waals surface area contributed by atoms with Crippen LogP contribution in [-0.2, 0) is 10.0 Å². The molecule has 0 saturated carbocycles. The maximum absolute atomic E-state index is 14.3. The number of hydrogen-bond acceptors (Lipinski definition) is 3. The highest BCUT2D eigenvalue weighted by Gasteiger charge is 2.21. The fraction of sp³-hybridized carbons (Fsp3) is 0. The average molecular weight is 424 g/mol. The van der Waals surface area contributed by atoms with E-state index in [-0.39, 0.29) is 11.3 Å². The molecule has 0 fully saturated rings. The Morgan fingerprint density at radius 1 is 0.793 bits per heavy atom. The Morgan fingerprint density at radius 3 is 2.00 bits per heavy atom. The normalized spacial score (nSPS) is 11.2. The van der Waals surface area contributed by atoms with Crippen LogP contribution in [-0.4, -0.2) is 14.3 Å². The molecule has 3 aromatic rings. The zero-order valence-corrected chi connectivity index (χ0v) is 15.2. The minimum absolute atomic E-state index is 0.0548. The second-order valence-electron chi connectivity index (χ2n) is 5.80. The lowest BCUT2D eigenvalue weighted by Gasteiger charge is -2.11. The van der Waals surface area contributed by atoms with Gasteiger partial charge in [-0.25, -0.2) is 26.0 Å². The van der Waals surface area contributed by atoms with Crippen LogP contribution in [0.5, 0.6) is 0 Å². The molecule has 0 saturated heterocycles. The van der Waals surface area contributed by atoms with Crippen LogP contribution in [0.25, 0.3) is 0 Å². The van der Waals surface area contributed by atoms with Gasteiger partial charge in [-0.3, -0.25) is 9.52 Å². The summed E-state index contributed by atoms with van der Waals surface area (Å²) >= 11 is 0. The van der Waals surface area contributed by atoms with Gasteiger partial charge < -0.3 is 5.32 Å². The van der Waals surface area contributed by atoms with E-state index in [0.29, 0.717) is 6.07 Å². The van der Waals surface area contributed by atoms with Gasteiger partial charge in [0.1, 0.15) is 29.0 Å². The number of amides is 1. The summed E-state index contributed by atoms with van der Waals surface area (Å²) in [5, 5.41) is 2.22. The Labute approximate surface area is 163 Å². The predicted molar refractivity (Wildman–Crippen MR) is 97.9 cm³/mol. The Kier molecular flexibility index (Phi) is 5.55. The van der Waals surface area contributed by atoms with Gasteiger partial charge in [-0.2, -0.15) is 0 Å². The van der Waals surface area contributed by atoms with Gasteiger partial charge in [0.25, 0.3) is 15.9 Å². The number of carbonyl (C=O) groups is 1. The molecule has 1 amide bonds. The molecule has 0 spiro atoms. The third-order valence-electron chi connectivity index (χ3n) is 3.80. The predicted octanol–water partition coefficient (Wildman–Crippen LogP) is 4.30. The number of rotatable bonds is 5. The summed E-state index contributed by atoms with van der Waals surface area (Å²) in [7, 11) is -4.51. The fourth-order valence-corrected chi connectivity index (χ4v) is 3.44. The van der Waals surface area contributed by atoms with Crippen LogP contribution in [0.2, 0.25) is 0 Å². The van der Waals surface area contributed by atoms with Crippen LogP contribution < -0.4 is 10.0 Å². The van der Waals surface area contributed by atoms with Crippen LogP contribution in [0.1, 0.15) is 10.4 Å². The minimum Gasteiger partial charge on any atom is -0.319 e. The first-order valence-corrected chi connectivity index (χ1v) is 9.49. The zero-order valence-electron chi connectivity index (χ0n) is 14.4. The number of benzene rings is 3. The average Bonchev–Trinajstić information content (AvgIpc) is 2.67. The zero-order chi connectivity index (χ0) is 21.2. The van der Waals surface area contributed by atoms with Crippen molar-refractivity contribution in [3.05, 3.63) is 89.5 Å². The van der Waals surface area contributed by atoms with Gasteiger partial charge in [-0.15, -0.1) is 0 Å². The number of hydrogen-bond donors (Lipinski definition) is 2. The van der Waals surface area contributed by atoms with Crippen LogP contribution in [0.3, 0.4) is 0 Å². The third kappa shape index (κ3) is 4.54. The van der Waals surface area contributed by atoms with Crippen molar-refractivity contribution in [1.29, 1.82) is 0 Å². The van der Waals surface area contributed by atoms with Gasteiger partial charge in [-0.1, -0.05) is 6.07 Å². The van der Waals surface area contributed by atoms with E-state index >= 15 is 0 Å². The quantitative estimate of drug-likeness (QED) is 0.600. The first kappa shape index (κ1) is 20.3. The molecule has 0 unspecified atom stereocenters. The van der Waals surface area contributed by atoms with E-state index in [2.05, 4.69) is 5.32 Å². The summed E-state index contributed by atoms with van der Waals surface area (Å²) in [4.78, 5) is 11.4. The number of halogens is 4. The summed E-state index contributed by atoms with van der Waals surface area (Å²) in [6.07, 6.45) is 0. The lowest BCUT2D eigenvalue weighted by atomic mass is 10.2. The standard InChI is InChI=1S/C19H12F4N2O3S/c20-12-6-4-11(5-7-12)19(26)24-17-9-8-13(10-16(17)23)29(27,28)25-18-14(21)2-1-3-15(18)22/h1-10,25H,(H,24,26). The van der Waals surface area contributed by atoms with Crippen LogP contribution in [0.15, 0.2) is 65.6 Å². The molecule has 0 aliphatic heterocycles. The molecule has 0 heterocycles. The van der Waals surface area contributed by atoms with E-state index in [4.69, 9.17) is 0 Å². The van der Waals surface area contributed by atoms with Crippen molar-refractivity contribution < 1.29 is 30.8 Å². The number of anilines is 2. The monoisotopic (exact) mass is 424 g/mol. The maximum Gasteiger partial charge on any atom is 0.262 e. The Morgan fingerprint density at radius 2 is 1.41 bits per heavy atom. The summed E-state index contributed by atoms with van der Waals surface area (Å²) in [6.45, 7) is 0. The summed E-state index contributed by atoms with van der Waals surface area (Å²) in [5.41, 5.74) is -1.18. The van der Waals surface area contributed by atoms with Crippen LogP contribution in [0.4, 0.5) is 28.9 Å². The van der Waals surface area contributed by atoms with Crippen molar-refractivity contribution in [1.82, 2.24) is 0 Å². The van der Waals surface area contributed by atoms with Crippen molar-refractivity contribution in [3.8, 4) is 0 Å². The van der Waals surface area contributed by atoms with E-state index in [9.17, 15) is 30.8 Å². The van der Waals surface area contributed by atoms with Crippen molar-refractivity contribution in [2.75, 3.05) is 10.0 Å². The maximum atomic E-state index is 14.3. The second-order valence-corrected chi connectivity index (χ2v) is 7.49. The van der Waals surface area contributed by atoms with Crippen molar-refractivity contribution >= 4 is 27.3 Å². The molecule has 150 valence electrons. The van der Waals surface area contributed by atoms with E-state index in [0.717, 1.165) is 42.5 Å². The number of nitrogens with one attached hydrogen (secondary N) is 2. The molecule has 29 heavy (non-hydrogen) atoms. The SMILES string of the molecule is O=C(Nc1ccc(S(=O)(=O)Nc2c(F)cccc2F)cc1F)c1ccc(F)cc1. The highest BCUT2D eigenvalue weighted by Crippen LogP contribution is 2.25. The van der Waals surface area contributed by atoms with Crippen molar-refractivity contribution in [2.24, 2.45) is 0 Å². The second kappa shape index (κ2) is 7.92. The molecule has 3 aromatic carbocycles. The number of sulfonamides is 1. The highest BCUT2D eigenvalue weighted by molar-refractivity contribution is 7.92. The topological polar surface area (TPSA) is 75.3 Å². The van der Waals surface area contributed by atoms with Gasteiger partial charge in [0.15, 0.2) is 0 Å². The first-order valence-electron chi connectivity index (χ1n) is 8.01. The van der Waals surface area contributed by atoms with E-state index in [1.54, 1.807) is 4.72 Å². The van der Waals surface area contributed by atoms with Gasteiger partial charge in [0, 0.05) is 5.56 Å². The Bertz CT molecular complexity index is 1160. The Balaban J connectivity index is 1.83. The molecular formula is C19H12F4N2O3S. The third-order valence-corrected chi connectivity index (χ3v) is 5.15. The number of carbonyl (C=O) groups excluding carboxylic acids is 1. The smallest absolute Gasteiger partial charge is 0.262 e. The molecule has 0 aromatic heterocycles. The van der Waals surface area contributed by atoms with E-state index in [1.165, 1.54) is 12.1 Å². The molecule has 0 bridgehead atoms. The fourth-order valence-electron chi connectivity index (χ4n) is 2.35. The molecule has 0 aliphatic rings. The van der Waals surface area contributed by atoms with Gasteiger partial charge in [0.05, 0.1) is 10.6 Å². The number of para-hydroxylation sites is 1. The molecule has 0 aliphatic carbocycles. The minimum atomic E-state index is -4.51. The lowest BCUT2D eigenvalue weighted by Crippen LogP contribution is -2.16. The van der Waals surface area contributed by atoms with Crippen molar-refractivity contribution in [3.63, 3.8) is 0 Å². The molecule has 3 rings (SSSR count). The van der Waals surface area contributed by atoms with Gasteiger partial charge in [0.2, 0.25) is 0 Å². The van der Waals surface area contributed by atoms with Gasteiger partial charge >= 0.3 is 0 Å². The van der Waals surface area contributed by atoms with E-state index < -0.39 is 49.8 Å². The molecular weight excluding hydrogens is 412 g/mol. The van der Waals surface area contributed by atoms with Crippen LogP contribution in [0, 0.1) is 23.3 Å². The van der Waals surface area contributed by atoms with Crippen LogP contribution >= 0.6 is 0 Å². The molecule has 2 N–H and O–H groups in total. The highest BCUT2D eigenvalue weighted by atomic mass is 32.2. The molecule has 10 heteroatoms. The molecule has 0 atom stereocenters. The van der Waals surface area contributed by atoms with E-state index in [1.807, 2.05) is 0 Å². The molecule has 5 nitrogen and oxygen atoms in total. The summed E-state index contributed by atoms with van der Waals surface area (Å²) in [5.74, 6) is -4.68. The first-order chi connectivity index (χ1) is 13.7. The van der Waals surface area contributed by atoms with Gasteiger partial charge in [-0.05, 0) is 54.6 Å². The Hall–Kier alpha value is -3.40. The largest absolute Gasteiger partial charge is 0.319 e. The lowest BCUT2D eigenvalue weighted by molar-refractivity contribution is 0.102. The molecule has 0 radical (unpaired) electrons. The van der Waals surface area contributed by atoms with Crippen molar-refractivity contribution in [2.45, 2.75) is 4.90 Å². The summed E-state index contributed by atoms with van der Waals surface area (Å²) < 4.78 is 80.9. The summed E-state index contributed by atoms with van der Waals surface area (Å²) in [6, 6.07) is 9.76.